The van der Waals surface area contributed by atoms with Crippen LogP contribution in [0.1, 0.15) is 61.3 Å². The molecule has 0 aromatic rings. The van der Waals surface area contributed by atoms with Gasteiger partial charge in [-0.25, -0.2) is 0 Å². The summed E-state index contributed by atoms with van der Waals surface area (Å²) in [6.45, 7) is 16.5. The van der Waals surface area contributed by atoms with Gasteiger partial charge in [0, 0.05) is 0 Å². The predicted octanol–water partition coefficient (Wildman–Crippen LogP) is 3.48. The van der Waals surface area contributed by atoms with Crippen LogP contribution in [-0.4, -0.2) is 0 Å². The van der Waals surface area contributed by atoms with E-state index < -0.39 is 0 Å². The van der Waals surface area contributed by atoms with Crippen molar-refractivity contribution in [2.45, 2.75) is 61.3 Å². The maximum Gasteiger partial charge on any atom is -0.0280 e. The van der Waals surface area contributed by atoms with Crippen molar-refractivity contribution in [3.05, 3.63) is 0 Å². The molecule has 0 bridgehead atoms. The molecule has 0 saturated heterocycles. The molecule has 1 unspecified atom stereocenters. The highest BCUT2D eigenvalue weighted by Crippen LogP contribution is 2.45. The van der Waals surface area contributed by atoms with Crippen LogP contribution in [0.3, 0.4) is 0 Å². The van der Waals surface area contributed by atoms with E-state index in [1.165, 1.54) is 12.8 Å². The molecule has 0 fully saturated rings. The molecule has 0 amide bonds. The second kappa shape index (κ2) is 8.08. The minimum atomic E-state index is 0. The molecular weight excluding hydrogens is 186 g/mol. The molecule has 0 radical (unpaired) electrons. The minimum absolute atomic E-state index is 0. The Bertz CT molecular complexity index is 136. The third-order valence-electron chi connectivity index (χ3n) is 3.89. The van der Waals surface area contributed by atoms with Gasteiger partial charge in [0.15, 0.2) is 0 Å². The van der Waals surface area contributed by atoms with Crippen molar-refractivity contribution in [3.63, 3.8) is 0 Å². The Kier molecular flexibility index (Phi) is 10.9. The van der Waals surface area contributed by atoms with Crippen LogP contribution in [0.25, 0.3) is 0 Å². The molecule has 3 heteroatoms. The zero-order valence-corrected chi connectivity index (χ0v) is 11.9. The van der Waals surface area contributed by atoms with Crippen LogP contribution in [0.2, 0.25) is 0 Å². The fourth-order valence-electron chi connectivity index (χ4n) is 1.53. The first-order valence-corrected chi connectivity index (χ1v) is 5.56. The second-order valence-electron chi connectivity index (χ2n) is 5.66. The minimum Gasteiger partial charge on any atom is -0.344 e. The van der Waals surface area contributed by atoms with E-state index in [2.05, 4.69) is 60.2 Å². The van der Waals surface area contributed by atoms with Gasteiger partial charge in [-0.1, -0.05) is 61.3 Å². The molecule has 0 aliphatic rings. The highest BCUT2D eigenvalue weighted by Gasteiger charge is 2.36. The van der Waals surface area contributed by atoms with Crippen molar-refractivity contribution in [3.8, 4) is 0 Å². The maximum absolute atomic E-state index is 4.00. The van der Waals surface area contributed by atoms with Crippen LogP contribution in [0.4, 0.5) is 0 Å². The van der Waals surface area contributed by atoms with Crippen LogP contribution >= 0.6 is 0 Å². The van der Waals surface area contributed by atoms with Crippen LogP contribution in [0, 0.1) is 16.7 Å². The summed E-state index contributed by atoms with van der Waals surface area (Å²) in [7, 11) is 0. The topological polar surface area (TPSA) is 87.0 Å². The Morgan fingerprint density at radius 2 is 1.33 bits per heavy atom. The zero-order chi connectivity index (χ0) is 12.0. The van der Waals surface area contributed by atoms with Crippen molar-refractivity contribution in [2.75, 3.05) is 0 Å². The fourth-order valence-corrected chi connectivity index (χ4v) is 1.53. The molecule has 15 heavy (non-hydrogen) atoms. The maximum atomic E-state index is 4.00. The number of hydrazine groups is 1. The first-order valence-electron chi connectivity index (χ1n) is 5.56. The molecule has 0 aliphatic heterocycles. The van der Waals surface area contributed by atoms with Crippen molar-refractivity contribution < 1.29 is 0 Å². The van der Waals surface area contributed by atoms with Gasteiger partial charge in [-0.2, -0.15) is 0 Å². The van der Waals surface area contributed by atoms with E-state index in [9.17, 15) is 0 Å². The predicted molar refractivity (Wildman–Crippen MR) is 70.7 cm³/mol. The van der Waals surface area contributed by atoms with Gasteiger partial charge in [-0.3, -0.25) is 11.7 Å². The van der Waals surface area contributed by atoms with E-state index in [0.717, 1.165) is 5.92 Å². The summed E-state index contributed by atoms with van der Waals surface area (Å²) in [6.07, 6.45) is 2.66. The van der Waals surface area contributed by atoms with Gasteiger partial charge in [-0.05, 0) is 16.7 Å². The lowest BCUT2D eigenvalue weighted by atomic mass is 9.62. The van der Waals surface area contributed by atoms with Crippen molar-refractivity contribution in [2.24, 2.45) is 28.4 Å². The summed E-state index contributed by atoms with van der Waals surface area (Å²) in [5.74, 6) is 8.82. The molecule has 0 heterocycles. The number of nitrogens with two attached hydrogens (primary N) is 2. The molecule has 0 saturated carbocycles. The SMILES string of the molecule is CCCC(C)C(C)(C)C(C)(C)C.N.NN. The molecule has 0 rings (SSSR count). The normalized spacial score (nSPS) is 13.4. The van der Waals surface area contributed by atoms with E-state index >= 15 is 0 Å². The molecule has 96 valence electrons. The number of hydrogen-bond donors (Lipinski definition) is 3. The number of hydrogen-bond acceptors (Lipinski definition) is 3. The van der Waals surface area contributed by atoms with Crippen LogP contribution in [-0.2, 0) is 0 Å². The zero-order valence-electron chi connectivity index (χ0n) is 11.9. The van der Waals surface area contributed by atoms with Gasteiger partial charge < -0.3 is 6.15 Å². The highest BCUT2D eigenvalue weighted by molar-refractivity contribution is 4.86. The molecular formula is C12H33N3. The van der Waals surface area contributed by atoms with E-state index in [1.807, 2.05) is 0 Å². The van der Waals surface area contributed by atoms with Crippen LogP contribution in [0.15, 0.2) is 0 Å². The summed E-state index contributed by atoms with van der Waals surface area (Å²) < 4.78 is 0. The molecule has 0 aliphatic carbocycles. The molecule has 7 N–H and O–H groups in total. The third kappa shape index (κ3) is 6.13. The largest absolute Gasteiger partial charge is 0.344 e. The quantitative estimate of drug-likeness (QED) is 0.501. The number of rotatable bonds is 3. The lowest BCUT2D eigenvalue weighted by Gasteiger charge is -2.44. The van der Waals surface area contributed by atoms with E-state index in [-0.39, 0.29) is 6.15 Å². The summed E-state index contributed by atoms with van der Waals surface area (Å²) in [4.78, 5) is 0. The Hall–Kier alpha value is -0.120. The Morgan fingerprint density at radius 3 is 1.53 bits per heavy atom. The molecule has 0 spiro atoms. The summed E-state index contributed by atoms with van der Waals surface area (Å²) in [6, 6.07) is 0. The van der Waals surface area contributed by atoms with Crippen LogP contribution in [0.5, 0.6) is 0 Å². The first-order chi connectivity index (χ1) is 6.23. The highest BCUT2D eigenvalue weighted by atomic mass is 15.0. The Morgan fingerprint density at radius 1 is 1.00 bits per heavy atom. The van der Waals surface area contributed by atoms with Gasteiger partial charge >= 0.3 is 0 Å². The van der Waals surface area contributed by atoms with Gasteiger partial charge in [-0.15, -0.1) is 0 Å². The van der Waals surface area contributed by atoms with Crippen molar-refractivity contribution >= 4 is 0 Å². The molecule has 0 aromatic carbocycles. The van der Waals surface area contributed by atoms with Crippen molar-refractivity contribution in [1.82, 2.24) is 6.15 Å². The van der Waals surface area contributed by atoms with Crippen molar-refractivity contribution in [1.29, 1.82) is 0 Å². The Balaban J connectivity index is -0.000000449. The van der Waals surface area contributed by atoms with Gasteiger partial charge in [0.1, 0.15) is 0 Å². The van der Waals surface area contributed by atoms with E-state index in [4.69, 9.17) is 0 Å². The lowest BCUT2D eigenvalue weighted by Crippen LogP contribution is -2.35. The fraction of sp³-hybridized carbons (Fsp3) is 1.00. The summed E-state index contributed by atoms with van der Waals surface area (Å²) in [5.41, 5.74) is 0.866. The first kappa shape index (κ1) is 20.3. The third-order valence-corrected chi connectivity index (χ3v) is 3.89. The smallest absolute Gasteiger partial charge is 0.0280 e. The van der Waals surface area contributed by atoms with Gasteiger partial charge in [0.25, 0.3) is 0 Å². The lowest BCUT2D eigenvalue weighted by molar-refractivity contribution is 0.0589. The van der Waals surface area contributed by atoms with Gasteiger partial charge in [0.05, 0.1) is 0 Å². The van der Waals surface area contributed by atoms with Crippen LogP contribution < -0.4 is 17.8 Å². The Labute approximate surface area is 96.5 Å². The molecule has 0 aromatic heterocycles. The molecule has 3 nitrogen and oxygen atoms in total. The molecule has 1 atom stereocenters. The van der Waals surface area contributed by atoms with Gasteiger partial charge in [0.2, 0.25) is 0 Å². The monoisotopic (exact) mass is 219 g/mol. The standard InChI is InChI=1S/C12H26.H4N2.H3N/c1-8-9-10(2)12(6,7)11(3,4)5;1-2;/h10H,8-9H2,1-7H3;1-2H2;1H3. The average Bonchev–Trinajstić information content (AvgIpc) is 2.06. The second-order valence-corrected chi connectivity index (χ2v) is 5.66. The van der Waals surface area contributed by atoms with E-state index in [0.29, 0.717) is 10.8 Å². The summed E-state index contributed by atoms with van der Waals surface area (Å²) >= 11 is 0. The average molecular weight is 219 g/mol. The summed E-state index contributed by atoms with van der Waals surface area (Å²) in [5, 5.41) is 0. The van der Waals surface area contributed by atoms with E-state index in [1.54, 1.807) is 0 Å².